The maximum Gasteiger partial charge on any atom is 0.173 e. The molecule has 4 heteroatoms. The molecule has 0 N–H and O–H groups in total. The van der Waals surface area contributed by atoms with Gasteiger partial charge in [-0.25, -0.2) is 4.98 Å². The maximum atomic E-state index is 6.08. The minimum Gasteiger partial charge on any atom is -0.287 e. The molecule has 24 heavy (non-hydrogen) atoms. The van der Waals surface area contributed by atoms with Crippen molar-refractivity contribution in [3.05, 3.63) is 65.8 Å². The first-order chi connectivity index (χ1) is 11.8. The van der Waals surface area contributed by atoms with Crippen LogP contribution in [0.4, 0.5) is 0 Å². The van der Waals surface area contributed by atoms with Gasteiger partial charge < -0.3 is 0 Å². The molecule has 3 aromatic rings. The van der Waals surface area contributed by atoms with Gasteiger partial charge in [-0.15, -0.1) is 0 Å². The predicted octanol–water partition coefficient (Wildman–Crippen LogP) is 6.23. The normalized spacial score (nSPS) is 15.0. The molecule has 0 saturated heterocycles. The van der Waals surface area contributed by atoms with Crippen molar-refractivity contribution in [2.75, 3.05) is 0 Å². The highest BCUT2D eigenvalue weighted by molar-refractivity contribution is 7.99. The minimum absolute atomic E-state index is 0.682. The quantitative estimate of drug-likeness (QED) is 0.552. The van der Waals surface area contributed by atoms with E-state index >= 15 is 0 Å². The number of halogens is 1. The fourth-order valence-corrected chi connectivity index (χ4v) is 4.64. The first-order valence-electron chi connectivity index (χ1n) is 8.37. The topological polar surface area (TPSA) is 17.8 Å². The van der Waals surface area contributed by atoms with Gasteiger partial charge in [0, 0.05) is 21.5 Å². The van der Waals surface area contributed by atoms with Crippen LogP contribution in [0.3, 0.4) is 0 Å². The van der Waals surface area contributed by atoms with Crippen molar-refractivity contribution >= 4 is 23.4 Å². The zero-order valence-corrected chi connectivity index (χ0v) is 14.9. The molecule has 1 aliphatic rings. The van der Waals surface area contributed by atoms with Crippen molar-refractivity contribution in [1.29, 1.82) is 0 Å². The third-order valence-electron chi connectivity index (χ3n) is 4.46. The van der Waals surface area contributed by atoms with E-state index in [4.69, 9.17) is 16.6 Å². The molecule has 0 radical (unpaired) electrons. The zero-order chi connectivity index (χ0) is 16.4. The van der Waals surface area contributed by atoms with Crippen LogP contribution in [-0.4, -0.2) is 14.8 Å². The monoisotopic (exact) mass is 354 g/mol. The molecule has 1 heterocycles. The highest BCUT2D eigenvalue weighted by Gasteiger charge is 2.21. The summed E-state index contributed by atoms with van der Waals surface area (Å²) in [6.45, 7) is 0. The average molecular weight is 355 g/mol. The van der Waals surface area contributed by atoms with Crippen LogP contribution in [0.1, 0.15) is 25.7 Å². The second-order valence-corrected chi connectivity index (χ2v) is 7.83. The highest BCUT2D eigenvalue weighted by atomic mass is 35.5. The number of thioether (sulfide) groups is 1. The van der Waals surface area contributed by atoms with E-state index in [1.807, 2.05) is 36.2 Å². The largest absolute Gasteiger partial charge is 0.287 e. The number of nitrogens with zero attached hydrogens (tertiary/aromatic N) is 2. The van der Waals surface area contributed by atoms with E-state index in [-0.39, 0.29) is 0 Å². The lowest BCUT2D eigenvalue weighted by atomic mass is 10.1. The van der Waals surface area contributed by atoms with Gasteiger partial charge in [0.05, 0.1) is 11.9 Å². The van der Waals surface area contributed by atoms with Gasteiger partial charge in [0.2, 0.25) is 0 Å². The van der Waals surface area contributed by atoms with E-state index in [0.717, 1.165) is 21.6 Å². The van der Waals surface area contributed by atoms with E-state index in [2.05, 4.69) is 41.0 Å². The number of benzene rings is 2. The minimum atomic E-state index is 0.682. The summed E-state index contributed by atoms with van der Waals surface area (Å²) in [4.78, 5) is 4.75. The lowest BCUT2D eigenvalue weighted by Gasteiger charge is -2.14. The Morgan fingerprint density at radius 1 is 0.958 bits per heavy atom. The lowest BCUT2D eigenvalue weighted by Crippen LogP contribution is -2.02. The molecule has 0 aliphatic heterocycles. The molecule has 1 fully saturated rings. The van der Waals surface area contributed by atoms with Crippen LogP contribution in [0.25, 0.3) is 16.9 Å². The van der Waals surface area contributed by atoms with Crippen molar-refractivity contribution in [3.8, 4) is 16.9 Å². The number of hydrogen-bond donors (Lipinski definition) is 0. The van der Waals surface area contributed by atoms with Gasteiger partial charge in [0.15, 0.2) is 5.16 Å². The maximum absolute atomic E-state index is 6.08. The van der Waals surface area contributed by atoms with Crippen LogP contribution in [0.5, 0.6) is 0 Å². The Hall–Kier alpha value is -1.71. The van der Waals surface area contributed by atoms with Gasteiger partial charge in [-0.3, -0.25) is 4.57 Å². The summed E-state index contributed by atoms with van der Waals surface area (Å²) in [7, 11) is 0. The number of hydrogen-bond acceptors (Lipinski definition) is 2. The number of imidazole rings is 1. The van der Waals surface area contributed by atoms with E-state index in [1.54, 1.807) is 0 Å². The van der Waals surface area contributed by atoms with Gasteiger partial charge in [-0.2, -0.15) is 0 Å². The Morgan fingerprint density at radius 2 is 1.67 bits per heavy atom. The van der Waals surface area contributed by atoms with E-state index in [1.165, 1.54) is 31.2 Å². The zero-order valence-electron chi connectivity index (χ0n) is 13.4. The second-order valence-electron chi connectivity index (χ2n) is 6.13. The van der Waals surface area contributed by atoms with Crippen molar-refractivity contribution in [2.45, 2.75) is 36.1 Å². The molecule has 0 unspecified atom stereocenters. The molecule has 4 rings (SSSR count). The molecule has 0 atom stereocenters. The van der Waals surface area contributed by atoms with Gasteiger partial charge in [-0.1, -0.05) is 66.5 Å². The van der Waals surface area contributed by atoms with Crippen LogP contribution >= 0.6 is 23.4 Å². The van der Waals surface area contributed by atoms with Crippen LogP contribution in [0.15, 0.2) is 66.0 Å². The molecule has 1 aromatic heterocycles. The fraction of sp³-hybridized carbons (Fsp3) is 0.250. The summed E-state index contributed by atoms with van der Waals surface area (Å²) in [5.74, 6) is 0. The molecule has 0 bridgehead atoms. The van der Waals surface area contributed by atoms with E-state index in [9.17, 15) is 0 Å². The Balaban J connectivity index is 1.79. The molecule has 0 spiro atoms. The summed E-state index contributed by atoms with van der Waals surface area (Å²) >= 11 is 7.99. The van der Waals surface area contributed by atoms with Crippen LogP contribution in [0.2, 0.25) is 5.02 Å². The summed E-state index contributed by atoms with van der Waals surface area (Å²) in [5, 5.41) is 2.51. The molecule has 1 aliphatic carbocycles. The van der Waals surface area contributed by atoms with Crippen LogP contribution in [-0.2, 0) is 0 Å². The van der Waals surface area contributed by atoms with Crippen molar-refractivity contribution in [1.82, 2.24) is 9.55 Å². The fourth-order valence-electron chi connectivity index (χ4n) is 3.23. The molecular formula is C20H19ClN2S. The second kappa shape index (κ2) is 7.04. The molecule has 122 valence electrons. The number of rotatable bonds is 4. The van der Waals surface area contributed by atoms with Crippen molar-refractivity contribution in [3.63, 3.8) is 0 Å². The first kappa shape index (κ1) is 15.8. The third kappa shape index (κ3) is 3.24. The predicted molar refractivity (Wildman–Crippen MR) is 102 cm³/mol. The van der Waals surface area contributed by atoms with Gasteiger partial charge in [0.25, 0.3) is 0 Å². The average Bonchev–Trinajstić information content (AvgIpc) is 3.27. The summed E-state index contributed by atoms with van der Waals surface area (Å²) in [5.41, 5.74) is 3.41. The molecule has 1 saturated carbocycles. The van der Waals surface area contributed by atoms with E-state index < -0.39 is 0 Å². The first-order valence-corrected chi connectivity index (χ1v) is 9.63. The van der Waals surface area contributed by atoms with Gasteiger partial charge in [0.1, 0.15) is 0 Å². The van der Waals surface area contributed by atoms with Crippen molar-refractivity contribution in [2.24, 2.45) is 0 Å². The number of aromatic nitrogens is 2. The SMILES string of the molecule is Clc1ccc(-n2c(-c3ccccc3)cnc2SC2CCCC2)cc1. The summed E-state index contributed by atoms with van der Waals surface area (Å²) in [6, 6.07) is 18.5. The Bertz CT molecular complexity index is 805. The van der Waals surface area contributed by atoms with Crippen LogP contribution in [0, 0.1) is 0 Å². The van der Waals surface area contributed by atoms with Crippen molar-refractivity contribution < 1.29 is 0 Å². The van der Waals surface area contributed by atoms with E-state index in [0.29, 0.717) is 5.25 Å². The van der Waals surface area contributed by atoms with Gasteiger partial charge in [-0.05, 0) is 37.1 Å². The Labute approximate surface area is 151 Å². The third-order valence-corrected chi connectivity index (χ3v) is 6.01. The standard InChI is InChI=1S/C20H19ClN2S/c21-16-10-12-17(13-11-16)23-19(15-6-2-1-3-7-15)14-22-20(23)24-18-8-4-5-9-18/h1-3,6-7,10-14,18H,4-5,8-9H2. The molecule has 2 aromatic carbocycles. The molecule has 0 amide bonds. The Kier molecular flexibility index (Phi) is 4.63. The summed E-state index contributed by atoms with van der Waals surface area (Å²) < 4.78 is 2.26. The molecular weight excluding hydrogens is 336 g/mol. The van der Waals surface area contributed by atoms with Crippen LogP contribution < -0.4 is 0 Å². The highest BCUT2D eigenvalue weighted by Crippen LogP contribution is 2.37. The summed E-state index contributed by atoms with van der Waals surface area (Å²) in [6.07, 6.45) is 7.24. The Morgan fingerprint density at radius 3 is 2.38 bits per heavy atom. The smallest absolute Gasteiger partial charge is 0.173 e. The lowest BCUT2D eigenvalue weighted by molar-refractivity contribution is 0.861. The molecule has 2 nitrogen and oxygen atoms in total. The van der Waals surface area contributed by atoms with Gasteiger partial charge >= 0.3 is 0 Å².